The third kappa shape index (κ3) is 5.98. The molecule has 3 rings (SSSR count). The van der Waals surface area contributed by atoms with Gasteiger partial charge in [0.25, 0.3) is 11.5 Å². The topological polar surface area (TPSA) is 120 Å². The number of nitrogens with zero attached hydrogens (tertiary/aromatic N) is 4. The van der Waals surface area contributed by atoms with Crippen LogP contribution < -0.4 is 21.9 Å². The summed E-state index contributed by atoms with van der Waals surface area (Å²) in [7, 11) is 0. The number of benzene rings is 1. The van der Waals surface area contributed by atoms with Gasteiger partial charge in [0.1, 0.15) is 6.54 Å². The Balaban J connectivity index is 2.21. The van der Waals surface area contributed by atoms with E-state index in [-0.39, 0.29) is 41.1 Å². The first-order valence-electron chi connectivity index (χ1n) is 12.0. The predicted octanol–water partition coefficient (Wildman–Crippen LogP) is 2.16. The monoisotopic (exact) mass is 484 g/mol. The molecule has 0 aliphatic heterocycles. The van der Waals surface area contributed by atoms with Gasteiger partial charge < -0.3 is 10.6 Å². The third-order valence-corrected chi connectivity index (χ3v) is 5.45. The second-order valence-electron chi connectivity index (χ2n) is 10.8. The smallest absolute Gasteiger partial charge is 0.352 e. The van der Waals surface area contributed by atoms with Crippen molar-refractivity contribution in [3.05, 3.63) is 44.6 Å². The minimum atomic E-state index is -0.549. The van der Waals surface area contributed by atoms with E-state index in [2.05, 4.69) is 15.7 Å². The van der Waals surface area contributed by atoms with Gasteiger partial charge in [0.2, 0.25) is 11.7 Å². The second-order valence-corrected chi connectivity index (χ2v) is 10.8. The van der Waals surface area contributed by atoms with Crippen molar-refractivity contribution in [1.82, 2.24) is 29.4 Å². The molecule has 0 spiro atoms. The molecule has 1 aromatic carbocycles. The van der Waals surface area contributed by atoms with Gasteiger partial charge in [-0.2, -0.15) is 0 Å². The van der Waals surface area contributed by atoms with Crippen molar-refractivity contribution in [3.63, 3.8) is 0 Å². The Morgan fingerprint density at radius 1 is 1.06 bits per heavy atom. The molecule has 0 bridgehead atoms. The SMILES string of the molecule is CC(C)CCn1c(=O)c2ccc(C(=O)NCC(C)C)cc2n2c(=O)n(CC(=O)NC(C)(C)C)nc12. The number of hydrogen-bond acceptors (Lipinski definition) is 5. The molecule has 2 heterocycles. The molecule has 0 atom stereocenters. The largest absolute Gasteiger partial charge is 0.352 e. The Labute approximate surface area is 204 Å². The third-order valence-electron chi connectivity index (χ3n) is 5.45. The molecule has 0 saturated heterocycles. The van der Waals surface area contributed by atoms with E-state index >= 15 is 0 Å². The lowest BCUT2D eigenvalue weighted by Crippen LogP contribution is -2.43. The van der Waals surface area contributed by atoms with Gasteiger partial charge in [-0.3, -0.25) is 19.0 Å². The molecule has 2 amide bonds. The minimum absolute atomic E-state index is 0.149. The average Bonchev–Trinajstić information content (AvgIpc) is 3.05. The number of hydrogen-bond donors (Lipinski definition) is 2. The van der Waals surface area contributed by atoms with E-state index in [1.165, 1.54) is 15.0 Å². The second kappa shape index (κ2) is 10.1. The fourth-order valence-corrected chi connectivity index (χ4v) is 3.74. The number of rotatable bonds is 8. The molecule has 10 nitrogen and oxygen atoms in total. The van der Waals surface area contributed by atoms with Gasteiger partial charge in [0.15, 0.2) is 0 Å². The van der Waals surface area contributed by atoms with Crippen LogP contribution in [0.15, 0.2) is 27.8 Å². The van der Waals surface area contributed by atoms with E-state index in [1.54, 1.807) is 12.1 Å². The lowest BCUT2D eigenvalue weighted by Gasteiger charge is -2.20. The van der Waals surface area contributed by atoms with Crippen molar-refractivity contribution in [1.29, 1.82) is 0 Å². The number of fused-ring (bicyclic) bond motifs is 3. The number of carbonyl (C=O) groups excluding carboxylic acids is 2. The number of nitrogens with one attached hydrogen (secondary N) is 2. The molecular weight excluding hydrogens is 448 g/mol. The molecule has 0 fully saturated rings. The Kier molecular flexibility index (Phi) is 7.52. The molecule has 0 aliphatic carbocycles. The normalized spacial score (nSPS) is 12.1. The zero-order valence-electron chi connectivity index (χ0n) is 21.6. The lowest BCUT2D eigenvalue weighted by atomic mass is 10.1. The van der Waals surface area contributed by atoms with E-state index in [4.69, 9.17) is 0 Å². The van der Waals surface area contributed by atoms with Gasteiger partial charge in [0.05, 0.1) is 10.9 Å². The zero-order chi connectivity index (χ0) is 26.1. The molecule has 35 heavy (non-hydrogen) atoms. The van der Waals surface area contributed by atoms with E-state index < -0.39 is 11.2 Å². The molecule has 190 valence electrons. The Hall–Kier alpha value is -3.43. The van der Waals surface area contributed by atoms with Gasteiger partial charge in [-0.25, -0.2) is 13.9 Å². The molecule has 10 heteroatoms. The van der Waals surface area contributed by atoms with Crippen LogP contribution in [0.5, 0.6) is 0 Å². The van der Waals surface area contributed by atoms with E-state index in [1.807, 2.05) is 48.5 Å². The van der Waals surface area contributed by atoms with Crippen LogP contribution in [0.3, 0.4) is 0 Å². The summed E-state index contributed by atoms with van der Waals surface area (Å²) >= 11 is 0. The summed E-state index contributed by atoms with van der Waals surface area (Å²) in [6.45, 7) is 14.2. The van der Waals surface area contributed by atoms with Crippen LogP contribution in [-0.4, -0.2) is 42.6 Å². The first-order valence-corrected chi connectivity index (χ1v) is 12.0. The Bertz CT molecular complexity index is 1370. The summed E-state index contributed by atoms with van der Waals surface area (Å²) in [6, 6.07) is 4.70. The van der Waals surface area contributed by atoms with Crippen molar-refractivity contribution in [2.75, 3.05) is 6.54 Å². The standard InChI is InChI=1S/C25H36N6O4/c1-15(2)10-11-29-22(34)18-9-8-17(21(33)26-13-16(3)4)12-19(18)31-23(29)28-30(24(31)35)14-20(32)27-25(5,6)7/h8-9,12,15-16H,10-11,13-14H2,1-7H3,(H,26,33)(H,27,32). The molecular formula is C25H36N6O4. The maximum Gasteiger partial charge on any atom is 0.352 e. The van der Waals surface area contributed by atoms with E-state index in [0.29, 0.717) is 36.4 Å². The predicted molar refractivity (Wildman–Crippen MR) is 136 cm³/mol. The van der Waals surface area contributed by atoms with Crippen LogP contribution in [0.2, 0.25) is 0 Å². The zero-order valence-corrected chi connectivity index (χ0v) is 21.6. The van der Waals surface area contributed by atoms with Gasteiger partial charge in [-0.15, -0.1) is 5.10 Å². The first kappa shape index (κ1) is 26.2. The number of amides is 2. The van der Waals surface area contributed by atoms with E-state index in [0.717, 1.165) is 4.68 Å². The molecule has 0 aliphatic rings. The number of aromatic nitrogens is 4. The highest BCUT2D eigenvalue weighted by atomic mass is 16.2. The van der Waals surface area contributed by atoms with Gasteiger partial charge in [-0.1, -0.05) is 27.7 Å². The summed E-state index contributed by atoms with van der Waals surface area (Å²) in [5, 5.41) is 10.4. The molecule has 2 aromatic heterocycles. The van der Waals surface area contributed by atoms with Crippen molar-refractivity contribution in [2.24, 2.45) is 11.8 Å². The fourth-order valence-electron chi connectivity index (χ4n) is 3.74. The van der Waals surface area contributed by atoms with Crippen LogP contribution in [0, 0.1) is 11.8 Å². The van der Waals surface area contributed by atoms with Crippen molar-refractivity contribution < 1.29 is 9.59 Å². The summed E-state index contributed by atoms with van der Waals surface area (Å²) in [5.41, 5.74) is -0.686. The highest BCUT2D eigenvalue weighted by Gasteiger charge is 2.21. The summed E-state index contributed by atoms with van der Waals surface area (Å²) in [5.74, 6) is 0.103. The molecule has 0 radical (unpaired) electrons. The molecule has 3 aromatic rings. The number of aryl methyl sites for hydroxylation is 1. The minimum Gasteiger partial charge on any atom is -0.352 e. The van der Waals surface area contributed by atoms with Crippen LogP contribution in [0.4, 0.5) is 0 Å². The van der Waals surface area contributed by atoms with Gasteiger partial charge in [-0.05, 0) is 57.2 Å². The summed E-state index contributed by atoms with van der Waals surface area (Å²) in [4.78, 5) is 52.0. The highest BCUT2D eigenvalue weighted by molar-refractivity contribution is 5.98. The van der Waals surface area contributed by atoms with Crippen molar-refractivity contribution >= 4 is 28.5 Å². The van der Waals surface area contributed by atoms with Crippen LogP contribution >= 0.6 is 0 Å². The van der Waals surface area contributed by atoms with Crippen molar-refractivity contribution in [2.45, 2.75) is 73.5 Å². The quantitative estimate of drug-likeness (QED) is 0.508. The Morgan fingerprint density at radius 2 is 1.74 bits per heavy atom. The maximum absolute atomic E-state index is 13.4. The molecule has 0 saturated carbocycles. The average molecular weight is 485 g/mol. The van der Waals surface area contributed by atoms with Crippen LogP contribution in [0.1, 0.15) is 65.2 Å². The number of carbonyl (C=O) groups is 2. The lowest BCUT2D eigenvalue weighted by molar-refractivity contribution is -0.123. The molecule has 0 unspecified atom stereocenters. The highest BCUT2D eigenvalue weighted by Crippen LogP contribution is 2.15. The summed E-state index contributed by atoms with van der Waals surface area (Å²) in [6.07, 6.45) is 0.711. The Morgan fingerprint density at radius 3 is 2.34 bits per heavy atom. The summed E-state index contributed by atoms with van der Waals surface area (Å²) < 4.78 is 3.85. The fraction of sp³-hybridized carbons (Fsp3) is 0.560. The first-order chi connectivity index (χ1) is 16.3. The maximum atomic E-state index is 13.4. The van der Waals surface area contributed by atoms with Gasteiger partial charge in [0, 0.05) is 24.2 Å². The van der Waals surface area contributed by atoms with Gasteiger partial charge >= 0.3 is 5.69 Å². The van der Waals surface area contributed by atoms with Crippen LogP contribution in [-0.2, 0) is 17.9 Å². The van der Waals surface area contributed by atoms with Crippen LogP contribution in [0.25, 0.3) is 16.7 Å². The van der Waals surface area contributed by atoms with E-state index in [9.17, 15) is 19.2 Å². The molecule has 2 N–H and O–H groups in total. The van der Waals surface area contributed by atoms with Crippen molar-refractivity contribution in [3.8, 4) is 0 Å².